The Balaban J connectivity index is 1.65. The van der Waals surface area contributed by atoms with Crippen molar-refractivity contribution in [3.05, 3.63) is 57.3 Å². The molecular formula is C18H17ClN2S. The fourth-order valence-corrected chi connectivity index (χ4v) is 4.80. The van der Waals surface area contributed by atoms with Gasteiger partial charge in [0, 0.05) is 11.3 Å². The van der Waals surface area contributed by atoms with Crippen LogP contribution >= 0.6 is 22.9 Å². The predicted molar refractivity (Wildman–Crippen MR) is 92.9 cm³/mol. The quantitative estimate of drug-likeness (QED) is 0.632. The molecule has 0 radical (unpaired) electrons. The van der Waals surface area contributed by atoms with Gasteiger partial charge in [0.2, 0.25) is 0 Å². The highest BCUT2D eigenvalue weighted by molar-refractivity contribution is 7.19. The number of benzene rings is 1. The van der Waals surface area contributed by atoms with Crippen LogP contribution in [0.4, 0.5) is 0 Å². The van der Waals surface area contributed by atoms with Crippen molar-refractivity contribution in [2.45, 2.75) is 38.5 Å². The lowest BCUT2D eigenvalue weighted by atomic mass is 9.97. The highest BCUT2D eigenvalue weighted by atomic mass is 35.5. The summed E-state index contributed by atoms with van der Waals surface area (Å²) in [6, 6.07) is 10.5. The number of hydrogen-bond donors (Lipinski definition) is 0. The van der Waals surface area contributed by atoms with Gasteiger partial charge in [0.25, 0.3) is 0 Å². The van der Waals surface area contributed by atoms with Gasteiger partial charge in [-0.2, -0.15) is 0 Å². The van der Waals surface area contributed by atoms with E-state index in [4.69, 9.17) is 16.6 Å². The molecule has 2 aromatic heterocycles. The second-order valence-corrected chi connectivity index (χ2v) is 7.25. The summed E-state index contributed by atoms with van der Waals surface area (Å²) >= 11 is 8.29. The highest BCUT2D eigenvalue weighted by Crippen LogP contribution is 2.38. The number of thiophene rings is 1. The van der Waals surface area contributed by atoms with Gasteiger partial charge < -0.3 is 0 Å². The molecule has 2 nitrogen and oxygen atoms in total. The van der Waals surface area contributed by atoms with E-state index in [9.17, 15) is 0 Å². The zero-order valence-electron chi connectivity index (χ0n) is 12.3. The lowest BCUT2D eigenvalue weighted by Crippen LogP contribution is -2.01. The maximum atomic E-state index is 6.48. The number of aryl methyl sites for hydroxylation is 4. The number of rotatable bonds is 3. The molecular weight excluding hydrogens is 312 g/mol. The van der Waals surface area contributed by atoms with E-state index in [-0.39, 0.29) is 0 Å². The molecule has 0 saturated heterocycles. The fraction of sp³-hybridized carbons (Fsp3) is 0.333. The first-order valence-electron chi connectivity index (χ1n) is 7.82. The Morgan fingerprint density at radius 3 is 2.68 bits per heavy atom. The SMILES string of the molecule is Clc1nc(CCc2ccccc2)nc2sc3c(c12)CCCC3. The zero-order chi connectivity index (χ0) is 14.9. The number of hydrogen-bond acceptors (Lipinski definition) is 3. The van der Waals surface area contributed by atoms with Crippen LogP contribution in [0, 0.1) is 0 Å². The van der Waals surface area contributed by atoms with Crippen molar-refractivity contribution in [2.24, 2.45) is 0 Å². The molecule has 0 aliphatic heterocycles. The number of halogens is 1. The van der Waals surface area contributed by atoms with E-state index in [1.54, 1.807) is 0 Å². The molecule has 0 unspecified atom stereocenters. The van der Waals surface area contributed by atoms with Crippen LogP contribution in [0.3, 0.4) is 0 Å². The molecule has 0 N–H and O–H groups in total. The largest absolute Gasteiger partial charge is 0.222 e. The van der Waals surface area contributed by atoms with Gasteiger partial charge in [0.15, 0.2) is 0 Å². The summed E-state index contributed by atoms with van der Waals surface area (Å²) in [7, 11) is 0. The van der Waals surface area contributed by atoms with Crippen molar-refractivity contribution in [3.8, 4) is 0 Å². The van der Waals surface area contributed by atoms with Gasteiger partial charge in [0.05, 0.1) is 5.39 Å². The maximum absolute atomic E-state index is 6.48. The minimum absolute atomic E-state index is 0.646. The first kappa shape index (κ1) is 14.2. The average molecular weight is 329 g/mol. The van der Waals surface area contributed by atoms with Gasteiger partial charge in [-0.3, -0.25) is 0 Å². The molecule has 1 aliphatic carbocycles. The van der Waals surface area contributed by atoms with E-state index in [1.165, 1.54) is 35.3 Å². The van der Waals surface area contributed by atoms with E-state index < -0.39 is 0 Å². The van der Waals surface area contributed by atoms with Crippen LogP contribution in [-0.4, -0.2) is 9.97 Å². The lowest BCUT2D eigenvalue weighted by molar-refractivity contribution is 0.700. The van der Waals surface area contributed by atoms with E-state index in [0.29, 0.717) is 5.15 Å². The van der Waals surface area contributed by atoms with Gasteiger partial charge in [-0.15, -0.1) is 11.3 Å². The molecule has 0 bridgehead atoms. The third-order valence-corrected chi connectivity index (χ3v) is 5.76. The molecule has 4 rings (SSSR count). The molecule has 3 aromatic rings. The van der Waals surface area contributed by atoms with Gasteiger partial charge >= 0.3 is 0 Å². The molecule has 112 valence electrons. The van der Waals surface area contributed by atoms with Gasteiger partial charge in [-0.05, 0) is 43.2 Å². The summed E-state index contributed by atoms with van der Waals surface area (Å²) in [4.78, 5) is 11.9. The Hall–Kier alpha value is -1.45. The Morgan fingerprint density at radius 2 is 1.82 bits per heavy atom. The van der Waals surface area contributed by atoms with Gasteiger partial charge in [-0.1, -0.05) is 41.9 Å². The summed E-state index contributed by atoms with van der Waals surface area (Å²) in [5, 5.41) is 1.76. The first-order chi connectivity index (χ1) is 10.8. The van der Waals surface area contributed by atoms with Crippen LogP contribution in [-0.2, 0) is 25.7 Å². The van der Waals surface area contributed by atoms with Crippen LogP contribution < -0.4 is 0 Å². The van der Waals surface area contributed by atoms with E-state index >= 15 is 0 Å². The number of fused-ring (bicyclic) bond motifs is 3. The Kier molecular flexibility index (Phi) is 3.85. The Labute approximate surface area is 139 Å². The summed E-state index contributed by atoms with van der Waals surface area (Å²) in [6.07, 6.45) is 6.63. The van der Waals surface area contributed by atoms with Crippen molar-refractivity contribution in [3.63, 3.8) is 0 Å². The summed E-state index contributed by atoms with van der Waals surface area (Å²) in [5.41, 5.74) is 2.72. The third kappa shape index (κ3) is 2.64. The molecule has 1 aliphatic rings. The van der Waals surface area contributed by atoms with Crippen molar-refractivity contribution in [1.29, 1.82) is 0 Å². The summed E-state index contributed by atoms with van der Waals surface area (Å²) in [6.45, 7) is 0. The predicted octanol–water partition coefficient (Wildman–Crippen LogP) is 5.01. The molecule has 1 aromatic carbocycles. The maximum Gasteiger partial charge on any atom is 0.141 e. The standard InChI is InChI=1S/C18H17ClN2S/c19-17-16-13-8-4-5-9-14(13)22-18(16)21-15(20-17)11-10-12-6-2-1-3-7-12/h1-3,6-7H,4-5,8-11H2. The summed E-state index contributed by atoms with van der Waals surface area (Å²) in [5.74, 6) is 0.861. The number of aromatic nitrogens is 2. The van der Waals surface area contributed by atoms with Crippen LogP contribution in [0.5, 0.6) is 0 Å². The molecule has 2 heterocycles. The third-order valence-electron chi connectivity index (χ3n) is 4.30. The van der Waals surface area contributed by atoms with Crippen molar-refractivity contribution >= 4 is 33.2 Å². The van der Waals surface area contributed by atoms with Crippen LogP contribution in [0.15, 0.2) is 30.3 Å². The molecule has 0 atom stereocenters. The van der Waals surface area contributed by atoms with Gasteiger partial charge in [-0.25, -0.2) is 9.97 Å². The minimum atomic E-state index is 0.646. The Morgan fingerprint density at radius 1 is 1.00 bits per heavy atom. The fourth-order valence-electron chi connectivity index (χ4n) is 3.17. The van der Waals surface area contributed by atoms with Crippen LogP contribution in [0.2, 0.25) is 5.15 Å². The second-order valence-electron chi connectivity index (χ2n) is 5.81. The van der Waals surface area contributed by atoms with Crippen molar-refractivity contribution in [2.75, 3.05) is 0 Å². The Bertz CT molecular complexity index is 811. The van der Waals surface area contributed by atoms with Crippen molar-refractivity contribution in [1.82, 2.24) is 9.97 Å². The molecule has 0 spiro atoms. The normalized spacial score (nSPS) is 14.2. The highest BCUT2D eigenvalue weighted by Gasteiger charge is 2.20. The second kappa shape index (κ2) is 5.98. The molecule has 0 fully saturated rings. The van der Waals surface area contributed by atoms with E-state index in [2.05, 4.69) is 29.2 Å². The topological polar surface area (TPSA) is 25.8 Å². The average Bonchev–Trinajstić information content (AvgIpc) is 2.92. The molecule has 4 heteroatoms. The molecule has 0 amide bonds. The van der Waals surface area contributed by atoms with Crippen LogP contribution in [0.25, 0.3) is 10.2 Å². The summed E-state index contributed by atoms with van der Waals surface area (Å²) < 4.78 is 0. The smallest absolute Gasteiger partial charge is 0.141 e. The van der Waals surface area contributed by atoms with Crippen molar-refractivity contribution < 1.29 is 0 Å². The monoisotopic (exact) mass is 328 g/mol. The molecule has 0 saturated carbocycles. The zero-order valence-corrected chi connectivity index (χ0v) is 13.9. The lowest BCUT2D eigenvalue weighted by Gasteiger charge is -2.10. The number of nitrogens with zero attached hydrogens (tertiary/aromatic N) is 2. The minimum Gasteiger partial charge on any atom is -0.222 e. The van der Waals surface area contributed by atoms with E-state index in [1.807, 2.05) is 17.4 Å². The first-order valence-corrected chi connectivity index (χ1v) is 9.01. The van der Waals surface area contributed by atoms with Gasteiger partial charge in [0.1, 0.15) is 15.8 Å². The van der Waals surface area contributed by atoms with E-state index in [0.717, 1.165) is 35.3 Å². The molecule has 22 heavy (non-hydrogen) atoms. The van der Waals surface area contributed by atoms with Crippen LogP contribution in [0.1, 0.15) is 34.7 Å².